The quantitative estimate of drug-likeness (QED) is 0.390. The molecule has 6 rings (SSSR count). The maximum atomic E-state index is 5.43. The van der Waals surface area contributed by atoms with E-state index in [1.165, 1.54) is 0 Å². The van der Waals surface area contributed by atoms with E-state index in [-0.39, 0.29) is 0 Å². The number of morpholine rings is 1. The van der Waals surface area contributed by atoms with Crippen molar-refractivity contribution in [3.05, 3.63) is 55.1 Å². The SMILES string of the molecule is c1cc2c(N[C@@H]3CCNC3)nc(-c3ccnc(Nc4ccc(N5CCOCC5)cn4)c3)nc2cn1. The molecule has 2 fully saturated rings. The molecule has 6 heterocycles. The van der Waals surface area contributed by atoms with Crippen LogP contribution in [0.3, 0.4) is 0 Å². The van der Waals surface area contributed by atoms with E-state index in [1.54, 1.807) is 18.6 Å². The second kappa shape index (κ2) is 9.77. The molecule has 0 aromatic carbocycles. The molecule has 10 heteroatoms. The van der Waals surface area contributed by atoms with Crippen molar-refractivity contribution in [2.75, 3.05) is 54.9 Å². The van der Waals surface area contributed by atoms with E-state index >= 15 is 0 Å². The molecule has 0 saturated carbocycles. The zero-order valence-corrected chi connectivity index (χ0v) is 19.3. The predicted molar refractivity (Wildman–Crippen MR) is 136 cm³/mol. The number of nitrogens with zero attached hydrogens (tertiary/aromatic N) is 6. The second-order valence-electron chi connectivity index (χ2n) is 8.68. The van der Waals surface area contributed by atoms with Crippen LogP contribution >= 0.6 is 0 Å². The second-order valence-corrected chi connectivity index (χ2v) is 8.68. The average molecular weight is 470 g/mol. The molecule has 178 valence electrons. The van der Waals surface area contributed by atoms with Gasteiger partial charge < -0.3 is 25.6 Å². The molecule has 4 aromatic rings. The Hall–Kier alpha value is -3.89. The lowest BCUT2D eigenvalue weighted by Gasteiger charge is -2.28. The van der Waals surface area contributed by atoms with Gasteiger partial charge in [-0.1, -0.05) is 0 Å². The number of rotatable bonds is 6. The van der Waals surface area contributed by atoms with Crippen LogP contribution in [0, 0.1) is 0 Å². The van der Waals surface area contributed by atoms with Gasteiger partial charge >= 0.3 is 0 Å². The van der Waals surface area contributed by atoms with E-state index in [0.29, 0.717) is 17.7 Å². The van der Waals surface area contributed by atoms with Gasteiger partial charge in [0.05, 0.1) is 36.8 Å². The Morgan fingerprint density at radius 2 is 1.91 bits per heavy atom. The van der Waals surface area contributed by atoms with Crippen LogP contribution in [-0.2, 0) is 4.74 Å². The molecule has 2 aliphatic heterocycles. The molecule has 4 aromatic heterocycles. The minimum Gasteiger partial charge on any atom is -0.378 e. The molecule has 1 atom stereocenters. The zero-order valence-electron chi connectivity index (χ0n) is 19.3. The van der Waals surface area contributed by atoms with Crippen molar-refractivity contribution in [3.63, 3.8) is 0 Å². The highest BCUT2D eigenvalue weighted by Crippen LogP contribution is 2.27. The summed E-state index contributed by atoms with van der Waals surface area (Å²) in [5.74, 6) is 2.86. The zero-order chi connectivity index (χ0) is 23.5. The van der Waals surface area contributed by atoms with Crippen molar-refractivity contribution >= 4 is 34.0 Å². The van der Waals surface area contributed by atoms with Gasteiger partial charge in [-0.2, -0.15) is 0 Å². The number of fused-ring (bicyclic) bond motifs is 1. The molecule has 0 spiro atoms. The predicted octanol–water partition coefficient (Wildman–Crippen LogP) is 2.84. The van der Waals surface area contributed by atoms with E-state index in [2.05, 4.69) is 41.9 Å². The molecular formula is C25H27N9O. The van der Waals surface area contributed by atoms with E-state index in [4.69, 9.17) is 14.7 Å². The molecular weight excluding hydrogens is 442 g/mol. The van der Waals surface area contributed by atoms with Crippen molar-refractivity contribution in [3.8, 4) is 11.4 Å². The van der Waals surface area contributed by atoms with E-state index in [9.17, 15) is 0 Å². The first-order valence-corrected chi connectivity index (χ1v) is 11.9. The first-order valence-electron chi connectivity index (χ1n) is 11.9. The van der Waals surface area contributed by atoms with Crippen molar-refractivity contribution in [2.24, 2.45) is 0 Å². The fourth-order valence-corrected chi connectivity index (χ4v) is 4.43. The smallest absolute Gasteiger partial charge is 0.162 e. The Labute approximate surface area is 203 Å². The summed E-state index contributed by atoms with van der Waals surface area (Å²) < 4.78 is 5.43. The minimum absolute atomic E-state index is 0.343. The fourth-order valence-electron chi connectivity index (χ4n) is 4.43. The molecule has 2 aliphatic rings. The summed E-state index contributed by atoms with van der Waals surface area (Å²) in [6.07, 6.45) is 8.25. The maximum Gasteiger partial charge on any atom is 0.162 e. The molecule has 3 N–H and O–H groups in total. The molecule has 10 nitrogen and oxygen atoms in total. The Bertz CT molecular complexity index is 1300. The number of hydrogen-bond donors (Lipinski definition) is 3. The Morgan fingerprint density at radius 3 is 2.74 bits per heavy atom. The number of anilines is 4. The molecule has 2 saturated heterocycles. The van der Waals surface area contributed by atoms with E-state index in [1.807, 2.05) is 30.5 Å². The fraction of sp³-hybridized carbons (Fsp3) is 0.320. The highest BCUT2D eigenvalue weighted by molar-refractivity contribution is 5.90. The number of hydrogen-bond acceptors (Lipinski definition) is 10. The van der Waals surface area contributed by atoms with Crippen molar-refractivity contribution in [1.29, 1.82) is 0 Å². The number of nitrogens with one attached hydrogen (secondary N) is 3. The van der Waals surface area contributed by atoms with Crippen molar-refractivity contribution < 1.29 is 4.74 Å². The monoisotopic (exact) mass is 469 g/mol. The Balaban J connectivity index is 1.25. The lowest BCUT2D eigenvalue weighted by Crippen LogP contribution is -2.36. The van der Waals surface area contributed by atoms with Crippen molar-refractivity contribution in [2.45, 2.75) is 12.5 Å². The van der Waals surface area contributed by atoms with Gasteiger partial charge in [0.25, 0.3) is 0 Å². The number of pyridine rings is 3. The van der Waals surface area contributed by atoms with Crippen LogP contribution in [0.2, 0.25) is 0 Å². The van der Waals surface area contributed by atoms with Crippen LogP contribution in [-0.4, -0.2) is 70.4 Å². The third-order valence-corrected chi connectivity index (χ3v) is 6.30. The summed E-state index contributed by atoms with van der Waals surface area (Å²) >= 11 is 0. The average Bonchev–Trinajstić information content (AvgIpc) is 3.43. The lowest BCUT2D eigenvalue weighted by atomic mass is 10.2. The van der Waals surface area contributed by atoms with Gasteiger partial charge in [0.15, 0.2) is 5.82 Å². The first kappa shape index (κ1) is 21.6. The van der Waals surface area contributed by atoms with Gasteiger partial charge in [0.1, 0.15) is 17.5 Å². The van der Waals surface area contributed by atoms with Gasteiger partial charge in [-0.05, 0) is 43.3 Å². The largest absolute Gasteiger partial charge is 0.378 e. The van der Waals surface area contributed by atoms with Crippen LogP contribution in [0.1, 0.15) is 6.42 Å². The van der Waals surface area contributed by atoms with Gasteiger partial charge in [0, 0.05) is 49.0 Å². The third kappa shape index (κ3) is 4.84. The summed E-state index contributed by atoms with van der Waals surface area (Å²) in [7, 11) is 0. The topological polar surface area (TPSA) is 113 Å². The summed E-state index contributed by atoms with van der Waals surface area (Å²) in [6, 6.07) is 10.2. The van der Waals surface area contributed by atoms with Gasteiger partial charge in [-0.15, -0.1) is 0 Å². The van der Waals surface area contributed by atoms with Gasteiger partial charge in [-0.25, -0.2) is 19.9 Å². The van der Waals surface area contributed by atoms with Crippen LogP contribution in [0.25, 0.3) is 22.3 Å². The van der Waals surface area contributed by atoms with E-state index in [0.717, 1.165) is 79.6 Å². The summed E-state index contributed by atoms with van der Waals surface area (Å²) in [5.41, 5.74) is 2.76. The van der Waals surface area contributed by atoms with Crippen molar-refractivity contribution in [1.82, 2.24) is 30.2 Å². The Kier molecular flexibility index (Phi) is 6.04. The summed E-state index contributed by atoms with van der Waals surface area (Å²) in [6.45, 7) is 5.19. The van der Waals surface area contributed by atoms with Gasteiger partial charge in [-0.3, -0.25) is 4.98 Å². The molecule has 0 bridgehead atoms. The third-order valence-electron chi connectivity index (χ3n) is 6.30. The van der Waals surface area contributed by atoms with Crippen LogP contribution < -0.4 is 20.9 Å². The molecule has 35 heavy (non-hydrogen) atoms. The number of aromatic nitrogens is 5. The highest BCUT2D eigenvalue weighted by atomic mass is 16.5. The van der Waals surface area contributed by atoms with E-state index < -0.39 is 0 Å². The standard InChI is InChI=1S/C25H27N9O/c1-2-22(29-15-19(1)34-9-11-35-12-10-34)32-23-13-17(3-8-28-23)24-31-21-16-27-7-5-20(21)25(33-24)30-18-4-6-26-14-18/h1-3,5,7-8,13,15-16,18,26H,4,6,9-12,14H2,(H,28,29,32)(H,30,31,33)/t18-/m1/s1. The molecule has 0 radical (unpaired) electrons. The molecule has 0 unspecified atom stereocenters. The number of ether oxygens (including phenoxy) is 1. The summed E-state index contributed by atoms with van der Waals surface area (Å²) in [5, 5.41) is 11.2. The van der Waals surface area contributed by atoms with Gasteiger partial charge in [0.2, 0.25) is 0 Å². The Morgan fingerprint density at radius 1 is 0.971 bits per heavy atom. The maximum absolute atomic E-state index is 5.43. The summed E-state index contributed by atoms with van der Waals surface area (Å²) in [4.78, 5) is 25.2. The lowest BCUT2D eigenvalue weighted by molar-refractivity contribution is 0.122. The molecule has 0 aliphatic carbocycles. The normalized spacial score (nSPS) is 18.1. The van der Waals surface area contributed by atoms with Crippen LogP contribution in [0.4, 0.5) is 23.1 Å². The van der Waals surface area contributed by atoms with Crippen LogP contribution in [0.15, 0.2) is 55.1 Å². The molecule has 0 amide bonds. The van der Waals surface area contributed by atoms with Crippen LogP contribution in [0.5, 0.6) is 0 Å². The first-order chi connectivity index (χ1) is 17.3. The highest BCUT2D eigenvalue weighted by Gasteiger charge is 2.18. The minimum atomic E-state index is 0.343.